The molecule has 0 aliphatic heterocycles. The molecule has 0 aliphatic rings. The lowest BCUT2D eigenvalue weighted by molar-refractivity contribution is 0.178. The molecule has 0 aromatic heterocycles. The first-order chi connectivity index (χ1) is 9.11. The van der Waals surface area contributed by atoms with Crippen molar-refractivity contribution in [2.45, 2.75) is 12.5 Å². The summed E-state index contributed by atoms with van der Waals surface area (Å²) in [6, 6.07) is 12.7. The van der Waals surface area contributed by atoms with Gasteiger partial charge in [-0.3, -0.25) is 0 Å². The first kappa shape index (κ1) is 14.2. The molecule has 0 fully saturated rings. The third-order valence-corrected chi connectivity index (χ3v) is 3.56. The van der Waals surface area contributed by atoms with Gasteiger partial charge in [-0.05, 0) is 29.8 Å². The smallest absolute Gasteiger partial charge is 0.119 e. The molecule has 0 saturated heterocycles. The zero-order valence-electron chi connectivity index (χ0n) is 10.4. The second-order valence-electron chi connectivity index (χ2n) is 4.21. The van der Waals surface area contributed by atoms with Crippen molar-refractivity contribution >= 4 is 23.2 Å². The summed E-state index contributed by atoms with van der Waals surface area (Å²) >= 11 is 12.2. The number of benzene rings is 2. The first-order valence-electron chi connectivity index (χ1n) is 5.86. The van der Waals surface area contributed by atoms with Gasteiger partial charge in [0, 0.05) is 22.0 Å². The number of ether oxygens (including phenoxy) is 1. The Morgan fingerprint density at radius 1 is 1.11 bits per heavy atom. The topological polar surface area (TPSA) is 29.5 Å². The zero-order chi connectivity index (χ0) is 13.8. The zero-order valence-corrected chi connectivity index (χ0v) is 11.9. The van der Waals surface area contributed by atoms with Crippen molar-refractivity contribution in [2.75, 3.05) is 7.11 Å². The van der Waals surface area contributed by atoms with Crippen molar-refractivity contribution in [1.82, 2.24) is 0 Å². The number of aliphatic hydroxyl groups is 1. The molecule has 0 saturated carbocycles. The summed E-state index contributed by atoms with van der Waals surface area (Å²) in [5, 5.41) is 11.2. The van der Waals surface area contributed by atoms with Gasteiger partial charge in [-0.1, -0.05) is 41.4 Å². The van der Waals surface area contributed by atoms with Crippen LogP contribution in [-0.2, 0) is 6.42 Å². The standard InChI is InChI=1S/C15H14Cl2O2/c1-19-11-5-2-4-10(8-11)9-14(18)15-12(16)6-3-7-13(15)17/h2-8,14,18H,9H2,1H3. The van der Waals surface area contributed by atoms with Gasteiger partial charge in [0.1, 0.15) is 5.75 Å². The van der Waals surface area contributed by atoms with E-state index in [1.165, 1.54) is 0 Å². The molecule has 4 heteroatoms. The summed E-state index contributed by atoms with van der Waals surface area (Å²) in [6.07, 6.45) is -0.311. The number of rotatable bonds is 4. The van der Waals surface area contributed by atoms with Gasteiger partial charge >= 0.3 is 0 Å². The van der Waals surface area contributed by atoms with E-state index in [2.05, 4.69) is 0 Å². The molecule has 0 heterocycles. The Kier molecular flexibility index (Phi) is 4.70. The molecular weight excluding hydrogens is 283 g/mol. The van der Waals surface area contributed by atoms with Crippen LogP contribution in [0.3, 0.4) is 0 Å². The van der Waals surface area contributed by atoms with Crippen molar-refractivity contribution in [3.05, 3.63) is 63.6 Å². The average Bonchev–Trinajstić information content (AvgIpc) is 2.38. The fraction of sp³-hybridized carbons (Fsp3) is 0.200. The van der Waals surface area contributed by atoms with Crippen LogP contribution in [0.1, 0.15) is 17.2 Å². The van der Waals surface area contributed by atoms with Crippen LogP contribution >= 0.6 is 23.2 Å². The predicted octanol–water partition coefficient (Wildman–Crippen LogP) is 4.28. The van der Waals surface area contributed by atoms with Crippen LogP contribution in [0, 0.1) is 0 Å². The van der Waals surface area contributed by atoms with Crippen molar-refractivity contribution in [3.63, 3.8) is 0 Å². The largest absolute Gasteiger partial charge is 0.497 e. The Morgan fingerprint density at radius 3 is 2.37 bits per heavy atom. The fourth-order valence-corrected chi connectivity index (χ4v) is 2.60. The third kappa shape index (κ3) is 3.41. The molecule has 100 valence electrons. The second kappa shape index (κ2) is 6.29. The fourth-order valence-electron chi connectivity index (χ4n) is 1.95. The van der Waals surface area contributed by atoms with Crippen molar-refractivity contribution in [3.8, 4) is 5.75 Å². The number of hydrogen-bond acceptors (Lipinski definition) is 2. The molecule has 2 rings (SSSR count). The van der Waals surface area contributed by atoms with E-state index >= 15 is 0 Å². The van der Waals surface area contributed by atoms with Gasteiger partial charge in [-0.25, -0.2) is 0 Å². The first-order valence-corrected chi connectivity index (χ1v) is 6.62. The summed E-state index contributed by atoms with van der Waals surface area (Å²) in [4.78, 5) is 0. The van der Waals surface area contributed by atoms with Crippen LogP contribution in [0.4, 0.5) is 0 Å². The summed E-state index contributed by atoms with van der Waals surface area (Å²) < 4.78 is 5.16. The van der Waals surface area contributed by atoms with Gasteiger partial charge in [0.05, 0.1) is 13.2 Å². The van der Waals surface area contributed by atoms with Crippen LogP contribution in [0.2, 0.25) is 10.0 Å². The molecule has 0 radical (unpaired) electrons. The number of halogens is 2. The molecule has 0 bridgehead atoms. The number of methoxy groups -OCH3 is 1. The summed E-state index contributed by atoms with van der Waals surface area (Å²) in [5.74, 6) is 0.759. The minimum atomic E-state index is -0.742. The SMILES string of the molecule is COc1cccc(CC(O)c2c(Cl)cccc2Cl)c1. The molecule has 1 unspecified atom stereocenters. The van der Waals surface area contributed by atoms with E-state index in [-0.39, 0.29) is 0 Å². The van der Waals surface area contributed by atoms with E-state index in [0.717, 1.165) is 11.3 Å². The van der Waals surface area contributed by atoms with Crippen LogP contribution in [0.5, 0.6) is 5.75 Å². The lowest BCUT2D eigenvalue weighted by Crippen LogP contribution is -2.03. The Labute approximate surface area is 122 Å². The van der Waals surface area contributed by atoms with Crippen molar-refractivity contribution in [2.24, 2.45) is 0 Å². The van der Waals surface area contributed by atoms with E-state index < -0.39 is 6.10 Å². The molecule has 2 nitrogen and oxygen atoms in total. The highest BCUT2D eigenvalue weighted by atomic mass is 35.5. The van der Waals surface area contributed by atoms with Gasteiger partial charge < -0.3 is 9.84 Å². The summed E-state index contributed by atoms with van der Waals surface area (Å²) in [6.45, 7) is 0. The minimum Gasteiger partial charge on any atom is -0.497 e. The van der Waals surface area contributed by atoms with E-state index in [1.54, 1.807) is 25.3 Å². The van der Waals surface area contributed by atoms with Gasteiger partial charge in [-0.15, -0.1) is 0 Å². The maximum Gasteiger partial charge on any atom is 0.119 e. The highest BCUT2D eigenvalue weighted by Gasteiger charge is 2.16. The van der Waals surface area contributed by atoms with Gasteiger partial charge in [0.15, 0.2) is 0 Å². The molecule has 0 aliphatic carbocycles. The molecule has 19 heavy (non-hydrogen) atoms. The highest BCUT2D eigenvalue weighted by molar-refractivity contribution is 6.36. The Morgan fingerprint density at radius 2 is 1.74 bits per heavy atom. The van der Waals surface area contributed by atoms with Crippen molar-refractivity contribution < 1.29 is 9.84 Å². The van der Waals surface area contributed by atoms with Crippen LogP contribution in [-0.4, -0.2) is 12.2 Å². The van der Waals surface area contributed by atoms with Crippen LogP contribution < -0.4 is 4.74 Å². The van der Waals surface area contributed by atoms with E-state index in [1.807, 2.05) is 24.3 Å². The van der Waals surface area contributed by atoms with E-state index in [4.69, 9.17) is 27.9 Å². The molecule has 2 aromatic rings. The summed E-state index contributed by atoms with van der Waals surface area (Å²) in [7, 11) is 1.61. The highest BCUT2D eigenvalue weighted by Crippen LogP contribution is 2.32. The molecule has 0 amide bonds. The number of hydrogen-bond donors (Lipinski definition) is 1. The van der Waals surface area contributed by atoms with Crippen LogP contribution in [0.25, 0.3) is 0 Å². The van der Waals surface area contributed by atoms with Gasteiger partial charge in [0.2, 0.25) is 0 Å². The Hall–Kier alpha value is -1.22. The van der Waals surface area contributed by atoms with Gasteiger partial charge in [0.25, 0.3) is 0 Å². The number of aliphatic hydroxyl groups excluding tert-OH is 1. The lowest BCUT2D eigenvalue weighted by atomic mass is 10.0. The summed E-state index contributed by atoms with van der Waals surface area (Å²) in [5.41, 5.74) is 1.52. The van der Waals surface area contributed by atoms with E-state index in [9.17, 15) is 5.11 Å². The Balaban J connectivity index is 2.23. The van der Waals surface area contributed by atoms with Gasteiger partial charge in [-0.2, -0.15) is 0 Å². The van der Waals surface area contributed by atoms with Crippen molar-refractivity contribution in [1.29, 1.82) is 0 Å². The quantitative estimate of drug-likeness (QED) is 0.912. The lowest BCUT2D eigenvalue weighted by Gasteiger charge is -2.15. The second-order valence-corrected chi connectivity index (χ2v) is 5.02. The molecule has 1 atom stereocenters. The molecule has 1 N–H and O–H groups in total. The average molecular weight is 297 g/mol. The molecule has 0 spiro atoms. The third-order valence-electron chi connectivity index (χ3n) is 2.90. The maximum absolute atomic E-state index is 10.3. The normalized spacial score (nSPS) is 12.2. The minimum absolute atomic E-state index is 0.431. The predicted molar refractivity (Wildman–Crippen MR) is 78.1 cm³/mol. The molecular formula is C15H14Cl2O2. The Bertz CT molecular complexity index is 550. The van der Waals surface area contributed by atoms with Crippen LogP contribution in [0.15, 0.2) is 42.5 Å². The molecule has 2 aromatic carbocycles. The van der Waals surface area contributed by atoms with E-state index in [0.29, 0.717) is 22.0 Å². The monoisotopic (exact) mass is 296 g/mol. The maximum atomic E-state index is 10.3.